The summed E-state index contributed by atoms with van der Waals surface area (Å²) in [7, 11) is 3.20. The van der Waals surface area contributed by atoms with Crippen LogP contribution in [0.25, 0.3) is 0 Å². The summed E-state index contributed by atoms with van der Waals surface area (Å²) >= 11 is 3.47. The molecule has 0 spiro atoms. The van der Waals surface area contributed by atoms with Gasteiger partial charge in [0.15, 0.2) is 11.5 Å². The van der Waals surface area contributed by atoms with Gasteiger partial charge < -0.3 is 20.1 Å². The number of benzene rings is 1. The van der Waals surface area contributed by atoms with Crippen molar-refractivity contribution in [2.75, 3.05) is 27.3 Å². The van der Waals surface area contributed by atoms with E-state index < -0.39 is 0 Å². The molecule has 2 N–H and O–H groups in total. The molecule has 0 radical (unpaired) electrons. The molecule has 1 aromatic rings. The van der Waals surface area contributed by atoms with Crippen LogP contribution < -0.4 is 20.1 Å². The number of nitrogens with one attached hydrogen (secondary N) is 2. The minimum Gasteiger partial charge on any atom is -0.493 e. The molecule has 6 heteroatoms. The molecule has 0 bridgehead atoms. The summed E-state index contributed by atoms with van der Waals surface area (Å²) in [6.45, 7) is 2.64. The normalized spacial score (nSPS) is 15.3. The fraction of sp³-hybridized carbons (Fsp3) is 0.588. The van der Waals surface area contributed by atoms with Crippen molar-refractivity contribution < 1.29 is 14.3 Å². The molecule has 0 atom stereocenters. The van der Waals surface area contributed by atoms with Crippen LogP contribution in [0.15, 0.2) is 16.6 Å². The Hall–Kier alpha value is -1.27. The first-order valence-electron chi connectivity index (χ1n) is 8.02. The number of halogens is 1. The van der Waals surface area contributed by atoms with E-state index in [0.717, 1.165) is 29.5 Å². The predicted octanol–water partition coefficient (Wildman–Crippen LogP) is 2.86. The van der Waals surface area contributed by atoms with Crippen LogP contribution in [-0.4, -0.2) is 33.2 Å². The van der Waals surface area contributed by atoms with Gasteiger partial charge in [0.05, 0.1) is 18.7 Å². The number of piperidine rings is 1. The molecule has 0 unspecified atom stereocenters. The number of ether oxygens (including phenoxy) is 2. The van der Waals surface area contributed by atoms with E-state index in [0.29, 0.717) is 30.4 Å². The van der Waals surface area contributed by atoms with Crippen molar-refractivity contribution in [1.82, 2.24) is 10.6 Å². The maximum absolute atomic E-state index is 12.0. The molecule has 2 rings (SSSR count). The molecule has 1 amide bonds. The summed E-state index contributed by atoms with van der Waals surface area (Å²) in [5, 5.41) is 6.33. The molecule has 1 fully saturated rings. The molecule has 0 aliphatic carbocycles. The Morgan fingerprint density at radius 1 is 1.30 bits per heavy atom. The van der Waals surface area contributed by atoms with Crippen molar-refractivity contribution in [3.05, 3.63) is 22.2 Å². The first kappa shape index (κ1) is 18.1. The highest BCUT2D eigenvalue weighted by molar-refractivity contribution is 9.10. The van der Waals surface area contributed by atoms with Gasteiger partial charge in [-0.05, 0) is 71.9 Å². The molecule has 0 saturated carbocycles. The Morgan fingerprint density at radius 3 is 2.70 bits per heavy atom. The smallest absolute Gasteiger partial charge is 0.220 e. The highest BCUT2D eigenvalue weighted by Gasteiger charge is 2.15. The molecule has 1 aliphatic heterocycles. The first-order valence-corrected chi connectivity index (χ1v) is 8.81. The number of rotatable bonds is 7. The fourth-order valence-electron chi connectivity index (χ4n) is 2.87. The van der Waals surface area contributed by atoms with Crippen LogP contribution in [0, 0.1) is 5.92 Å². The minimum atomic E-state index is 0.106. The van der Waals surface area contributed by atoms with Crippen LogP contribution in [-0.2, 0) is 11.3 Å². The number of hydrogen-bond acceptors (Lipinski definition) is 4. The summed E-state index contributed by atoms with van der Waals surface area (Å²) in [4.78, 5) is 12.0. The molecule has 1 aliphatic rings. The van der Waals surface area contributed by atoms with E-state index >= 15 is 0 Å². The molecule has 1 heterocycles. The van der Waals surface area contributed by atoms with Crippen molar-refractivity contribution >= 4 is 21.8 Å². The van der Waals surface area contributed by atoms with E-state index in [1.807, 2.05) is 12.1 Å². The van der Waals surface area contributed by atoms with Gasteiger partial charge in [-0.2, -0.15) is 0 Å². The molecule has 1 saturated heterocycles. The molecular weight excluding hydrogens is 360 g/mol. The lowest BCUT2D eigenvalue weighted by Gasteiger charge is -2.22. The van der Waals surface area contributed by atoms with Gasteiger partial charge >= 0.3 is 0 Å². The lowest BCUT2D eigenvalue weighted by Crippen LogP contribution is -2.29. The van der Waals surface area contributed by atoms with Crippen LogP contribution >= 0.6 is 15.9 Å². The Morgan fingerprint density at radius 2 is 2.04 bits per heavy atom. The maximum Gasteiger partial charge on any atom is 0.220 e. The second-order valence-corrected chi connectivity index (χ2v) is 6.68. The van der Waals surface area contributed by atoms with Crippen molar-refractivity contribution in [2.24, 2.45) is 5.92 Å². The second kappa shape index (κ2) is 9.13. The second-order valence-electron chi connectivity index (χ2n) is 5.82. The van der Waals surface area contributed by atoms with Crippen LogP contribution in [0.5, 0.6) is 11.5 Å². The third kappa shape index (κ3) is 5.39. The summed E-state index contributed by atoms with van der Waals surface area (Å²) in [6, 6.07) is 3.82. The van der Waals surface area contributed by atoms with Gasteiger partial charge in [-0.25, -0.2) is 0 Å². The van der Waals surface area contributed by atoms with Crippen molar-refractivity contribution in [1.29, 1.82) is 0 Å². The number of hydrogen-bond donors (Lipinski definition) is 2. The van der Waals surface area contributed by atoms with E-state index in [-0.39, 0.29) is 5.91 Å². The van der Waals surface area contributed by atoms with Crippen molar-refractivity contribution in [2.45, 2.75) is 32.2 Å². The number of carbonyl (C=O) groups excluding carboxylic acids is 1. The molecule has 1 aromatic carbocycles. The summed E-state index contributed by atoms with van der Waals surface area (Å²) in [5.41, 5.74) is 0.977. The third-order valence-corrected chi connectivity index (χ3v) is 4.81. The van der Waals surface area contributed by atoms with E-state index in [4.69, 9.17) is 9.47 Å². The topological polar surface area (TPSA) is 59.6 Å². The van der Waals surface area contributed by atoms with E-state index in [1.54, 1.807) is 14.2 Å². The monoisotopic (exact) mass is 384 g/mol. The lowest BCUT2D eigenvalue weighted by molar-refractivity contribution is -0.121. The van der Waals surface area contributed by atoms with Crippen LogP contribution in [0.1, 0.15) is 31.2 Å². The highest BCUT2D eigenvalue weighted by atomic mass is 79.9. The zero-order chi connectivity index (χ0) is 16.7. The quantitative estimate of drug-likeness (QED) is 0.758. The Balaban J connectivity index is 1.82. The van der Waals surface area contributed by atoms with E-state index in [9.17, 15) is 4.79 Å². The Bertz CT molecular complexity index is 531. The lowest BCUT2D eigenvalue weighted by atomic mass is 9.93. The first-order chi connectivity index (χ1) is 11.1. The molecular formula is C17H25BrN2O3. The van der Waals surface area contributed by atoms with Gasteiger partial charge in [0.25, 0.3) is 0 Å². The summed E-state index contributed by atoms with van der Waals surface area (Å²) in [5.74, 6) is 2.10. The van der Waals surface area contributed by atoms with Gasteiger partial charge in [0.2, 0.25) is 5.91 Å². The van der Waals surface area contributed by atoms with E-state index in [1.165, 1.54) is 12.8 Å². The summed E-state index contributed by atoms with van der Waals surface area (Å²) in [6.07, 6.45) is 3.92. The van der Waals surface area contributed by atoms with Gasteiger partial charge in [0.1, 0.15) is 0 Å². The van der Waals surface area contributed by atoms with Crippen molar-refractivity contribution in [3.8, 4) is 11.5 Å². The highest BCUT2D eigenvalue weighted by Crippen LogP contribution is 2.36. The zero-order valence-electron chi connectivity index (χ0n) is 13.8. The van der Waals surface area contributed by atoms with Gasteiger partial charge in [0, 0.05) is 13.0 Å². The maximum atomic E-state index is 12.0. The minimum absolute atomic E-state index is 0.106. The average molecular weight is 385 g/mol. The number of amides is 1. The van der Waals surface area contributed by atoms with Crippen LogP contribution in [0.4, 0.5) is 0 Å². The number of methoxy groups -OCH3 is 2. The standard InChI is InChI=1S/C17H25BrN2O3/c1-22-15-10-13(9-14(18)17(15)23-2)11-20-16(21)4-3-12-5-7-19-8-6-12/h9-10,12,19H,3-8,11H2,1-2H3,(H,20,21). The van der Waals surface area contributed by atoms with E-state index in [2.05, 4.69) is 26.6 Å². The SMILES string of the molecule is COc1cc(CNC(=O)CCC2CCNCC2)cc(Br)c1OC. The van der Waals surface area contributed by atoms with Crippen molar-refractivity contribution in [3.63, 3.8) is 0 Å². The average Bonchev–Trinajstić information content (AvgIpc) is 2.58. The Labute approximate surface area is 146 Å². The van der Waals surface area contributed by atoms with Crippen LogP contribution in [0.2, 0.25) is 0 Å². The third-order valence-electron chi connectivity index (χ3n) is 4.22. The largest absolute Gasteiger partial charge is 0.493 e. The Kier molecular flexibility index (Phi) is 7.17. The predicted molar refractivity (Wildman–Crippen MR) is 93.9 cm³/mol. The number of carbonyl (C=O) groups is 1. The molecule has 0 aromatic heterocycles. The molecule has 128 valence electrons. The van der Waals surface area contributed by atoms with Gasteiger partial charge in [-0.3, -0.25) is 4.79 Å². The molecule has 5 nitrogen and oxygen atoms in total. The fourth-order valence-corrected chi connectivity index (χ4v) is 3.52. The summed E-state index contributed by atoms with van der Waals surface area (Å²) < 4.78 is 11.4. The van der Waals surface area contributed by atoms with Gasteiger partial charge in [-0.15, -0.1) is 0 Å². The van der Waals surface area contributed by atoms with Crippen LogP contribution in [0.3, 0.4) is 0 Å². The van der Waals surface area contributed by atoms with Gasteiger partial charge in [-0.1, -0.05) is 0 Å². The zero-order valence-corrected chi connectivity index (χ0v) is 15.4. The molecule has 23 heavy (non-hydrogen) atoms.